The molecule has 0 fully saturated rings. The quantitative estimate of drug-likeness (QED) is 0.699. The second-order valence-electron chi connectivity index (χ2n) is 5.52. The Morgan fingerprint density at radius 3 is 2.14 bits per heavy atom. The van der Waals surface area contributed by atoms with E-state index in [1.165, 1.54) is 6.92 Å². The van der Waals surface area contributed by atoms with Gasteiger partial charge >= 0.3 is 5.97 Å². The molecule has 2 amide bonds. The molecule has 0 aliphatic heterocycles. The molecule has 0 saturated carbocycles. The van der Waals surface area contributed by atoms with Crippen molar-refractivity contribution in [2.24, 2.45) is 5.92 Å². The Kier molecular flexibility index (Phi) is 6.56. The van der Waals surface area contributed by atoms with Crippen LogP contribution in [0, 0.1) is 5.92 Å². The summed E-state index contributed by atoms with van der Waals surface area (Å²) in [6, 6.07) is 7.40. The lowest BCUT2D eigenvalue weighted by atomic mass is 10.0. The molecule has 1 rings (SSSR count). The summed E-state index contributed by atoms with van der Waals surface area (Å²) in [6.07, 6.45) is 0.172. The largest absolute Gasteiger partial charge is 0.480 e. The lowest BCUT2D eigenvalue weighted by Crippen LogP contribution is -2.52. The van der Waals surface area contributed by atoms with Gasteiger partial charge in [0, 0.05) is 0 Å². The number of carboxylic acid groups (broad SMARTS) is 1. The molecule has 0 aliphatic rings. The number of amides is 2. The molecule has 1 aromatic rings. The van der Waals surface area contributed by atoms with Crippen molar-refractivity contribution in [1.82, 2.24) is 10.6 Å². The van der Waals surface area contributed by atoms with Crippen LogP contribution in [-0.4, -0.2) is 35.0 Å². The number of nitrogens with one attached hydrogen (secondary N) is 2. The molecule has 0 aliphatic carbocycles. The minimum atomic E-state index is -1.09. The summed E-state index contributed by atoms with van der Waals surface area (Å²) in [7, 11) is 0. The molecule has 6 nitrogen and oxygen atoms in total. The molecule has 3 N–H and O–H groups in total. The van der Waals surface area contributed by atoms with Gasteiger partial charge in [-0.15, -0.1) is 0 Å². The Morgan fingerprint density at radius 1 is 1.05 bits per heavy atom. The highest BCUT2D eigenvalue weighted by Gasteiger charge is 2.26. The maximum Gasteiger partial charge on any atom is 0.326 e. The van der Waals surface area contributed by atoms with Crippen LogP contribution < -0.4 is 10.6 Å². The summed E-state index contributed by atoms with van der Waals surface area (Å²) >= 11 is 0. The number of rotatable bonds is 7. The molecular formula is C16H22N2O4. The minimum Gasteiger partial charge on any atom is -0.480 e. The van der Waals surface area contributed by atoms with E-state index >= 15 is 0 Å². The maximum absolute atomic E-state index is 12.0. The zero-order valence-electron chi connectivity index (χ0n) is 13.0. The fourth-order valence-electron chi connectivity index (χ4n) is 1.93. The Labute approximate surface area is 129 Å². The zero-order valence-corrected chi connectivity index (χ0v) is 13.0. The number of hydrogen-bond acceptors (Lipinski definition) is 3. The van der Waals surface area contributed by atoms with Gasteiger partial charge in [0.25, 0.3) is 0 Å². The smallest absolute Gasteiger partial charge is 0.326 e. The minimum absolute atomic E-state index is 0.172. The van der Waals surface area contributed by atoms with E-state index in [0.717, 1.165) is 5.56 Å². The second kappa shape index (κ2) is 8.17. The van der Waals surface area contributed by atoms with E-state index in [2.05, 4.69) is 10.6 Å². The van der Waals surface area contributed by atoms with E-state index in [-0.39, 0.29) is 18.2 Å². The van der Waals surface area contributed by atoms with E-state index < -0.39 is 24.0 Å². The standard InChI is InChI=1S/C16H22N2O4/c1-10(2)14(16(21)22)18-15(20)11(3)17-13(19)9-12-7-5-4-6-8-12/h4-8,10-11,14H,9H2,1-3H3,(H,17,19)(H,18,20)(H,21,22)/t11-,14+/m0/s1. The van der Waals surface area contributed by atoms with Gasteiger partial charge in [-0.1, -0.05) is 44.2 Å². The summed E-state index contributed by atoms with van der Waals surface area (Å²) in [5.74, 6) is -2.13. The molecular weight excluding hydrogens is 284 g/mol. The summed E-state index contributed by atoms with van der Waals surface area (Å²) in [5.41, 5.74) is 0.846. The van der Waals surface area contributed by atoms with E-state index in [1.807, 2.05) is 30.3 Å². The molecule has 0 bridgehead atoms. The van der Waals surface area contributed by atoms with Gasteiger partial charge in [0.05, 0.1) is 6.42 Å². The van der Waals surface area contributed by atoms with E-state index in [0.29, 0.717) is 0 Å². The molecule has 6 heteroatoms. The third kappa shape index (κ3) is 5.55. The topological polar surface area (TPSA) is 95.5 Å². The molecule has 2 atom stereocenters. The molecule has 0 aromatic heterocycles. The fourth-order valence-corrected chi connectivity index (χ4v) is 1.93. The van der Waals surface area contributed by atoms with Crippen molar-refractivity contribution >= 4 is 17.8 Å². The van der Waals surface area contributed by atoms with E-state index in [1.54, 1.807) is 13.8 Å². The molecule has 0 heterocycles. The van der Waals surface area contributed by atoms with Crippen LogP contribution in [0.2, 0.25) is 0 Å². The van der Waals surface area contributed by atoms with Crippen molar-refractivity contribution in [3.8, 4) is 0 Å². The van der Waals surface area contributed by atoms with Crippen LogP contribution in [0.1, 0.15) is 26.3 Å². The molecule has 1 aromatic carbocycles. The highest BCUT2D eigenvalue weighted by Crippen LogP contribution is 2.03. The van der Waals surface area contributed by atoms with Crippen LogP contribution in [0.4, 0.5) is 0 Å². The first-order valence-corrected chi connectivity index (χ1v) is 7.17. The first-order chi connectivity index (χ1) is 10.3. The second-order valence-corrected chi connectivity index (χ2v) is 5.52. The predicted molar refractivity (Wildman–Crippen MR) is 82.2 cm³/mol. The molecule has 0 spiro atoms. The van der Waals surface area contributed by atoms with Crippen molar-refractivity contribution < 1.29 is 19.5 Å². The normalized spacial score (nSPS) is 13.3. The summed E-state index contributed by atoms with van der Waals surface area (Å²) in [6.45, 7) is 4.94. The Bertz CT molecular complexity index is 528. The maximum atomic E-state index is 12.0. The SMILES string of the molecule is CC(C)[C@@H](NC(=O)[C@H](C)NC(=O)Cc1ccccc1)C(=O)O. The van der Waals surface area contributed by atoms with Crippen LogP contribution >= 0.6 is 0 Å². The number of aliphatic carboxylic acids is 1. The monoisotopic (exact) mass is 306 g/mol. The average molecular weight is 306 g/mol. The van der Waals surface area contributed by atoms with Crippen LogP contribution in [0.3, 0.4) is 0 Å². The molecule has 0 saturated heterocycles. The van der Waals surface area contributed by atoms with Crippen molar-refractivity contribution in [2.45, 2.75) is 39.3 Å². The van der Waals surface area contributed by atoms with Gasteiger partial charge in [0.2, 0.25) is 11.8 Å². The molecule has 22 heavy (non-hydrogen) atoms. The van der Waals surface area contributed by atoms with Crippen LogP contribution in [-0.2, 0) is 20.8 Å². The van der Waals surface area contributed by atoms with Gasteiger partial charge in [0.1, 0.15) is 12.1 Å². The summed E-state index contributed by atoms with van der Waals surface area (Å²) in [5, 5.41) is 14.0. The lowest BCUT2D eigenvalue weighted by molar-refractivity contribution is -0.143. The van der Waals surface area contributed by atoms with E-state index in [9.17, 15) is 14.4 Å². The highest BCUT2D eigenvalue weighted by molar-refractivity contribution is 5.90. The average Bonchev–Trinajstić information content (AvgIpc) is 2.44. The van der Waals surface area contributed by atoms with Crippen LogP contribution in [0.25, 0.3) is 0 Å². The third-order valence-corrected chi connectivity index (χ3v) is 3.21. The Morgan fingerprint density at radius 2 is 1.64 bits per heavy atom. The van der Waals surface area contributed by atoms with Crippen molar-refractivity contribution in [3.05, 3.63) is 35.9 Å². The molecule has 0 unspecified atom stereocenters. The number of carbonyl (C=O) groups is 3. The van der Waals surface area contributed by atoms with Gasteiger partial charge in [0.15, 0.2) is 0 Å². The van der Waals surface area contributed by atoms with Gasteiger partial charge in [-0.25, -0.2) is 4.79 Å². The molecule has 120 valence electrons. The van der Waals surface area contributed by atoms with Gasteiger partial charge < -0.3 is 15.7 Å². The first kappa shape index (κ1) is 17.7. The van der Waals surface area contributed by atoms with Crippen molar-refractivity contribution in [3.63, 3.8) is 0 Å². The number of carbonyl (C=O) groups excluding carboxylic acids is 2. The van der Waals surface area contributed by atoms with Gasteiger partial charge in [-0.2, -0.15) is 0 Å². The third-order valence-electron chi connectivity index (χ3n) is 3.21. The van der Waals surface area contributed by atoms with Gasteiger partial charge in [-0.05, 0) is 18.4 Å². The van der Waals surface area contributed by atoms with Crippen LogP contribution in [0.15, 0.2) is 30.3 Å². The lowest BCUT2D eigenvalue weighted by Gasteiger charge is -2.21. The summed E-state index contributed by atoms with van der Waals surface area (Å²) in [4.78, 5) is 34.9. The van der Waals surface area contributed by atoms with Crippen molar-refractivity contribution in [2.75, 3.05) is 0 Å². The van der Waals surface area contributed by atoms with Crippen molar-refractivity contribution in [1.29, 1.82) is 0 Å². The highest BCUT2D eigenvalue weighted by atomic mass is 16.4. The predicted octanol–water partition coefficient (Wildman–Crippen LogP) is 0.959. The van der Waals surface area contributed by atoms with E-state index in [4.69, 9.17) is 5.11 Å². The fraction of sp³-hybridized carbons (Fsp3) is 0.438. The number of hydrogen-bond donors (Lipinski definition) is 3. The van der Waals surface area contributed by atoms with Gasteiger partial charge in [-0.3, -0.25) is 9.59 Å². The zero-order chi connectivity index (χ0) is 16.7. The first-order valence-electron chi connectivity index (χ1n) is 7.17. The number of carboxylic acids is 1. The summed E-state index contributed by atoms with van der Waals surface area (Å²) < 4.78 is 0. The Balaban J connectivity index is 2.53. The number of benzene rings is 1. The molecule has 0 radical (unpaired) electrons. The van der Waals surface area contributed by atoms with Crippen LogP contribution in [0.5, 0.6) is 0 Å². The Hall–Kier alpha value is -2.37.